The second-order valence-corrected chi connectivity index (χ2v) is 6.17. The smallest absolute Gasteiger partial charge is 0.266 e. The molecule has 0 fully saturated rings. The van der Waals surface area contributed by atoms with Crippen LogP contribution in [0.4, 0.5) is 4.39 Å². The molecule has 1 aromatic carbocycles. The fraction of sp³-hybridized carbons (Fsp3) is 0.500. The molecule has 17 heavy (non-hydrogen) atoms. The van der Waals surface area contributed by atoms with Crippen LogP contribution in [0.3, 0.4) is 0 Å². The highest BCUT2D eigenvalue weighted by molar-refractivity contribution is 7.86. The standard InChI is InChI=1S/C12H17FO3S/c1-10-4-6-11(7-5-10)17(14,15)16-9-8-12(2,3)13/h4-7H,8-9H2,1-3H3. The van der Waals surface area contributed by atoms with Crippen LogP contribution >= 0.6 is 0 Å². The molecule has 0 saturated carbocycles. The molecule has 0 radical (unpaired) electrons. The lowest BCUT2D eigenvalue weighted by Gasteiger charge is -2.13. The average molecular weight is 260 g/mol. The van der Waals surface area contributed by atoms with Gasteiger partial charge in [-0.3, -0.25) is 4.18 Å². The number of halogens is 1. The number of hydrogen-bond acceptors (Lipinski definition) is 3. The zero-order valence-electron chi connectivity index (χ0n) is 10.2. The summed E-state index contributed by atoms with van der Waals surface area (Å²) in [4.78, 5) is 0.0970. The van der Waals surface area contributed by atoms with Crippen molar-refractivity contribution in [2.45, 2.75) is 37.8 Å². The quantitative estimate of drug-likeness (QED) is 0.765. The predicted octanol–water partition coefficient (Wildman–Crippen LogP) is 2.84. The van der Waals surface area contributed by atoms with E-state index in [-0.39, 0.29) is 17.9 Å². The van der Waals surface area contributed by atoms with Crippen molar-refractivity contribution in [2.24, 2.45) is 0 Å². The Morgan fingerprint density at radius 3 is 2.24 bits per heavy atom. The van der Waals surface area contributed by atoms with E-state index in [4.69, 9.17) is 4.18 Å². The summed E-state index contributed by atoms with van der Waals surface area (Å²) < 4.78 is 41.3. The van der Waals surface area contributed by atoms with Crippen LogP contribution in [-0.4, -0.2) is 20.7 Å². The van der Waals surface area contributed by atoms with E-state index in [1.54, 1.807) is 12.1 Å². The summed E-state index contributed by atoms with van der Waals surface area (Å²) in [6.07, 6.45) is 0.0398. The highest BCUT2D eigenvalue weighted by Crippen LogP contribution is 2.17. The van der Waals surface area contributed by atoms with Crippen molar-refractivity contribution < 1.29 is 17.0 Å². The van der Waals surface area contributed by atoms with Gasteiger partial charge in [-0.2, -0.15) is 8.42 Å². The third-order valence-electron chi connectivity index (χ3n) is 2.24. The molecule has 0 aliphatic rings. The fourth-order valence-electron chi connectivity index (χ4n) is 1.17. The van der Waals surface area contributed by atoms with Gasteiger partial charge < -0.3 is 0 Å². The van der Waals surface area contributed by atoms with Gasteiger partial charge in [0, 0.05) is 6.42 Å². The second kappa shape index (κ2) is 5.14. The molecule has 0 amide bonds. The van der Waals surface area contributed by atoms with Crippen molar-refractivity contribution in [3.05, 3.63) is 29.8 Å². The first kappa shape index (κ1) is 14.1. The largest absolute Gasteiger partial charge is 0.296 e. The molecule has 1 rings (SSSR count). The van der Waals surface area contributed by atoms with E-state index < -0.39 is 15.8 Å². The van der Waals surface area contributed by atoms with E-state index in [9.17, 15) is 12.8 Å². The Kier molecular flexibility index (Phi) is 4.27. The van der Waals surface area contributed by atoms with Crippen molar-refractivity contribution in [1.82, 2.24) is 0 Å². The number of benzene rings is 1. The second-order valence-electron chi connectivity index (χ2n) is 4.56. The molecule has 0 aliphatic heterocycles. The number of alkyl halides is 1. The van der Waals surface area contributed by atoms with E-state index >= 15 is 0 Å². The molecule has 0 heterocycles. The van der Waals surface area contributed by atoms with Crippen LogP contribution in [0.25, 0.3) is 0 Å². The molecule has 3 nitrogen and oxygen atoms in total. The molecule has 0 aromatic heterocycles. The van der Waals surface area contributed by atoms with E-state index in [2.05, 4.69) is 0 Å². The highest BCUT2D eigenvalue weighted by Gasteiger charge is 2.19. The Hall–Kier alpha value is -0.940. The third kappa shape index (κ3) is 4.83. The number of hydrogen-bond donors (Lipinski definition) is 0. The topological polar surface area (TPSA) is 43.4 Å². The van der Waals surface area contributed by atoms with Crippen molar-refractivity contribution in [1.29, 1.82) is 0 Å². The van der Waals surface area contributed by atoms with E-state index in [0.29, 0.717) is 0 Å². The molecule has 96 valence electrons. The Labute approximate surface area is 102 Å². The lowest BCUT2D eigenvalue weighted by atomic mass is 10.1. The summed E-state index contributed by atoms with van der Waals surface area (Å²) in [6.45, 7) is 4.48. The van der Waals surface area contributed by atoms with Gasteiger partial charge in [0.25, 0.3) is 10.1 Å². The molecule has 0 unspecified atom stereocenters. The fourth-order valence-corrected chi connectivity index (χ4v) is 2.08. The molecule has 0 atom stereocenters. The van der Waals surface area contributed by atoms with Crippen LogP contribution in [-0.2, 0) is 14.3 Å². The third-order valence-corrected chi connectivity index (χ3v) is 3.57. The summed E-state index contributed by atoms with van der Waals surface area (Å²) in [5.74, 6) is 0. The minimum atomic E-state index is -3.77. The Balaban J connectivity index is 2.66. The average Bonchev–Trinajstić information content (AvgIpc) is 2.15. The van der Waals surface area contributed by atoms with Gasteiger partial charge in [0.2, 0.25) is 0 Å². The van der Waals surface area contributed by atoms with E-state index in [1.807, 2.05) is 6.92 Å². The van der Waals surface area contributed by atoms with E-state index in [1.165, 1.54) is 26.0 Å². The summed E-state index contributed by atoms with van der Waals surface area (Å²) >= 11 is 0. The van der Waals surface area contributed by atoms with Gasteiger partial charge in [-0.1, -0.05) is 17.7 Å². The van der Waals surface area contributed by atoms with Gasteiger partial charge in [-0.25, -0.2) is 4.39 Å². The monoisotopic (exact) mass is 260 g/mol. The number of rotatable bonds is 5. The lowest BCUT2D eigenvalue weighted by molar-refractivity contribution is 0.164. The Morgan fingerprint density at radius 2 is 1.76 bits per heavy atom. The van der Waals surface area contributed by atoms with Crippen LogP contribution in [0.15, 0.2) is 29.2 Å². The molecular formula is C12H17FO3S. The first-order valence-electron chi connectivity index (χ1n) is 5.36. The van der Waals surface area contributed by atoms with Crippen molar-refractivity contribution in [3.63, 3.8) is 0 Å². The maximum atomic E-state index is 13.1. The van der Waals surface area contributed by atoms with Crippen molar-refractivity contribution in [2.75, 3.05) is 6.61 Å². The van der Waals surface area contributed by atoms with Crippen molar-refractivity contribution in [3.8, 4) is 0 Å². The minimum Gasteiger partial charge on any atom is -0.266 e. The zero-order valence-corrected chi connectivity index (χ0v) is 11.1. The first-order chi connectivity index (χ1) is 7.71. The lowest BCUT2D eigenvalue weighted by Crippen LogP contribution is -2.17. The first-order valence-corrected chi connectivity index (χ1v) is 6.76. The molecular weight excluding hydrogens is 243 g/mol. The normalized spacial score (nSPS) is 12.7. The van der Waals surface area contributed by atoms with Crippen LogP contribution in [0.1, 0.15) is 25.8 Å². The molecule has 0 saturated heterocycles. The highest BCUT2D eigenvalue weighted by atomic mass is 32.2. The molecule has 0 aliphatic carbocycles. The zero-order chi connectivity index (χ0) is 13.1. The van der Waals surface area contributed by atoms with Gasteiger partial charge in [0.1, 0.15) is 5.67 Å². The van der Waals surface area contributed by atoms with Gasteiger partial charge in [0.15, 0.2) is 0 Å². The molecule has 0 spiro atoms. The Bertz CT molecular complexity index is 458. The maximum absolute atomic E-state index is 13.1. The Morgan fingerprint density at radius 1 is 1.24 bits per heavy atom. The van der Waals surface area contributed by atoms with Crippen molar-refractivity contribution >= 4 is 10.1 Å². The molecule has 0 bridgehead atoms. The molecule has 5 heteroatoms. The summed E-state index contributed by atoms with van der Waals surface area (Å²) in [6, 6.07) is 6.33. The summed E-state index contributed by atoms with van der Waals surface area (Å²) in [5, 5.41) is 0. The maximum Gasteiger partial charge on any atom is 0.296 e. The molecule has 0 N–H and O–H groups in total. The van der Waals surface area contributed by atoms with Crippen LogP contribution in [0.5, 0.6) is 0 Å². The SMILES string of the molecule is Cc1ccc(S(=O)(=O)OCCC(C)(C)F)cc1. The number of aryl methyl sites for hydroxylation is 1. The van der Waals surface area contributed by atoms with Crippen LogP contribution < -0.4 is 0 Å². The van der Waals surface area contributed by atoms with Gasteiger partial charge in [0.05, 0.1) is 11.5 Å². The predicted molar refractivity (Wildman–Crippen MR) is 64.1 cm³/mol. The summed E-state index contributed by atoms with van der Waals surface area (Å²) in [5.41, 5.74) is -0.461. The van der Waals surface area contributed by atoms with Crippen LogP contribution in [0.2, 0.25) is 0 Å². The van der Waals surface area contributed by atoms with Gasteiger partial charge >= 0.3 is 0 Å². The van der Waals surface area contributed by atoms with Crippen LogP contribution in [0, 0.1) is 6.92 Å². The van der Waals surface area contributed by atoms with E-state index in [0.717, 1.165) is 5.56 Å². The van der Waals surface area contributed by atoms with Gasteiger partial charge in [-0.15, -0.1) is 0 Å². The summed E-state index contributed by atoms with van der Waals surface area (Å²) in [7, 11) is -3.77. The van der Waals surface area contributed by atoms with Gasteiger partial charge in [-0.05, 0) is 32.9 Å². The minimum absolute atomic E-state index is 0.0398. The molecule has 1 aromatic rings.